The number of benzene rings is 4. The molecule has 0 saturated heterocycles. The van der Waals surface area contributed by atoms with Gasteiger partial charge in [-0.3, -0.25) is 4.79 Å². The zero-order valence-electron chi connectivity index (χ0n) is 22.3. The van der Waals surface area contributed by atoms with Crippen molar-refractivity contribution in [2.24, 2.45) is 0 Å². The molecule has 0 unspecified atom stereocenters. The van der Waals surface area contributed by atoms with Gasteiger partial charge in [0.15, 0.2) is 0 Å². The number of nitrogen functional groups attached to an aromatic ring is 2. The maximum absolute atomic E-state index is 14.4. The lowest BCUT2D eigenvalue weighted by Gasteiger charge is -2.25. The molecule has 0 aliphatic heterocycles. The zero-order valence-corrected chi connectivity index (χ0v) is 22.3. The minimum Gasteiger partial charge on any atom is -0.398 e. The molecule has 0 spiro atoms. The summed E-state index contributed by atoms with van der Waals surface area (Å²) >= 11 is 0. The molecule has 0 atom stereocenters. The molecule has 4 aromatic rings. The largest absolute Gasteiger partial charge is 0.398 e. The Hall–Kier alpha value is -4.05. The molecule has 0 aromatic heterocycles. The number of hydrogen-bond donors (Lipinski definition) is 3. The monoisotopic (exact) mass is 491 g/mol. The summed E-state index contributed by atoms with van der Waals surface area (Å²) in [5, 5.41) is 3.24. The van der Waals surface area contributed by atoms with E-state index in [1.165, 1.54) is 0 Å². The highest BCUT2D eigenvalue weighted by Crippen LogP contribution is 2.43. The van der Waals surface area contributed by atoms with E-state index in [1.807, 2.05) is 48.5 Å². The summed E-state index contributed by atoms with van der Waals surface area (Å²) in [6.07, 6.45) is 3.05. The molecule has 4 heteroatoms. The number of carbonyl (C=O) groups is 1. The molecule has 190 valence electrons. The van der Waals surface area contributed by atoms with Crippen LogP contribution in [0.1, 0.15) is 60.3 Å². The first-order valence-corrected chi connectivity index (χ1v) is 13.3. The number of carbonyl (C=O) groups excluding carboxylic acids is 1. The quantitative estimate of drug-likeness (QED) is 0.221. The third-order valence-electron chi connectivity index (χ3n) is 7.18. The van der Waals surface area contributed by atoms with E-state index in [0.29, 0.717) is 5.56 Å². The highest BCUT2D eigenvalue weighted by atomic mass is 16.1. The van der Waals surface area contributed by atoms with E-state index in [0.717, 1.165) is 87.3 Å². The van der Waals surface area contributed by atoms with Crippen LogP contribution in [0, 0.1) is 0 Å². The molecule has 0 radical (unpaired) electrons. The molecular formula is C33H37N3O. The number of anilines is 3. The summed E-state index contributed by atoms with van der Waals surface area (Å²) in [6.45, 7) is 8.36. The predicted octanol–water partition coefficient (Wildman–Crippen LogP) is 7.69. The van der Waals surface area contributed by atoms with Gasteiger partial charge in [-0.25, -0.2) is 0 Å². The van der Waals surface area contributed by atoms with Gasteiger partial charge in [0, 0.05) is 28.2 Å². The summed E-state index contributed by atoms with van der Waals surface area (Å²) in [7, 11) is 0. The fraction of sp³-hybridized carbons (Fsp3) is 0.242. The lowest BCUT2D eigenvalue weighted by Crippen LogP contribution is -2.19. The van der Waals surface area contributed by atoms with E-state index in [2.05, 4.69) is 57.3 Å². The zero-order chi connectivity index (χ0) is 26.5. The molecule has 0 fully saturated rings. The van der Waals surface area contributed by atoms with Crippen molar-refractivity contribution in [1.29, 1.82) is 0 Å². The fourth-order valence-corrected chi connectivity index (χ4v) is 5.32. The van der Waals surface area contributed by atoms with Gasteiger partial charge in [0.05, 0.1) is 5.56 Å². The number of nitrogens with one attached hydrogen (secondary N) is 1. The third kappa shape index (κ3) is 4.97. The third-order valence-corrected chi connectivity index (χ3v) is 7.18. The van der Waals surface area contributed by atoms with Crippen LogP contribution in [0.5, 0.6) is 0 Å². The molecule has 4 aromatic carbocycles. The average molecular weight is 492 g/mol. The smallest absolute Gasteiger partial charge is 0.256 e. The molecule has 4 nitrogen and oxygen atoms in total. The molecule has 1 amide bonds. The van der Waals surface area contributed by atoms with Crippen LogP contribution in [-0.2, 0) is 25.7 Å². The molecular weight excluding hydrogens is 454 g/mol. The van der Waals surface area contributed by atoms with E-state index in [9.17, 15) is 4.79 Å². The second kappa shape index (κ2) is 11.3. The number of aryl methyl sites for hydroxylation is 2. The van der Waals surface area contributed by atoms with Gasteiger partial charge in [-0.1, -0.05) is 88.4 Å². The predicted molar refractivity (Wildman–Crippen MR) is 158 cm³/mol. The van der Waals surface area contributed by atoms with Crippen molar-refractivity contribution in [3.63, 3.8) is 0 Å². The van der Waals surface area contributed by atoms with Crippen LogP contribution in [0.4, 0.5) is 17.1 Å². The van der Waals surface area contributed by atoms with Crippen molar-refractivity contribution >= 4 is 23.0 Å². The van der Waals surface area contributed by atoms with Gasteiger partial charge in [0.1, 0.15) is 0 Å². The standard InChI is InChI=1S/C33H37N3O/c1-5-21-19-25(20-22(6-2)31(21)34)36-33(37)30-28(23-15-11-9-12-16-23)26(7-3)32(35)27(8-4)29(30)24-17-13-10-14-18-24/h9-20H,5-8,34-35H2,1-4H3,(H,36,37). The van der Waals surface area contributed by atoms with Crippen molar-refractivity contribution in [3.05, 3.63) is 101 Å². The van der Waals surface area contributed by atoms with Crippen LogP contribution >= 0.6 is 0 Å². The Labute approximate surface area is 220 Å². The van der Waals surface area contributed by atoms with Crippen molar-refractivity contribution < 1.29 is 4.79 Å². The van der Waals surface area contributed by atoms with E-state index in [-0.39, 0.29) is 5.91 Å². The minimum absolute atomic E-state index is 0.143. The Morgan fingerprint density at radius 2 is 1.08 bits per heavy atom. The van der Waals surface area contributed by atoms with Gasteiger partial charge in [-0.05, 0) is 71.2 Å². The number of hydrogen-bond acceptors (Lipinski definition) is 3. The Balaban J connectivity index is 2.03. The highest BCUT2D eigenvalue weighted by Gasteiger charge is 2.27. The van der Waals surface area contributed by atoms with Crippen molar-refractivity contribution in [1.82, 2.24) is 0 Å². The molecule has 0 aliphatic rings. The first-order chi connectivity index (χ1) is 17.9. The van der Waals surface area contributed by atoms with E-state index >= 15 is 0 Å². The van der Waals surface area contributed by atoms with Crippen LogP contribution < -0.4 is 16.8 Å². The van der Waals surface area contributed by atoms with Crippen molar-refractivity contribution in [2.75, 3.05) is 16.8 Å². The second-order valence-corrected chi connectivity index (χ2v) is 9.30. The molecule has 0 saturated carbocycles. The Kier molecular flexibility index (Phi) is 7.98. The van der Waals surface area contributed by atoms with Gasteiger partial charge >= 0.3 is 0 Å². The molecule has 4 rings (SSSR count). The van der Waals surface area contributed by atoms with Crippen LogP contribution in [0.15, 0.2) is 72.8 Å². The van der Waals surface area contributed by atoms with Gasteiger partial charge in [0.2, 0.25) is 0 Å². The van der Waals surface area contributed by atoms with E-state index in [4.69, 9.17) is 11.5 Å². The topological polar surface area (TPSA) is 81.1 Å². The maximum atomic E-state index is 14.4. The van der Waals surface area contributed by atoms with Gasteiger partial charge in [0.25, 0.3) is 5.91 Å². The van der Waals surface area contributed by atoms with Crippen LogP contribution in [-0.4, -0.2) is 5.91 Å². The second-order valence-electron chi connectivity index (χ2n) is 9.30. The van der Waals surface area contributed by atoms with Crippen molar-refractivity contribution in [2.45, 2.75) is 53.4 Å². The molecule has 37 heavy (non-hydrogen) atoms. The van der Waals surface area contributed by atoms with Crippen LogP contribution in [0.3, 0.4) is 0 Å². The lowest BCUT2D eigenvalue weighted by molar-refractivity contribution is 0.102. The number of nitrogens with two attached hydrogens (primary N) is 2. The first-order valence-electron chi connectivity index (χ1n) is 13.3. The molecule has 0 bridgehead atoms. The lowest BCUT2D eigenvalue weighted by atomic mass is 9.81. The van der Waals surface area contributed by atoms with Crippen LogP contribution in [0.25, 0.3) is 22.3 Å². The summed E-state index contributed by atoms with van der Waals surface area (Å²) in [5.74, 6) is -0.143. The number of rotatable bonds is 8. The van der Waals surface area contributed by atoms with E-state index in [1.54, 1.807) is 0 Å². The summed E-state index contributed by atoms with van der Waals surface area (Å²) in [5.41, 5.74) is 24.1. The number of amides is 1. The molecule has 5 N–H and O–H groups in total. The van der Waals surface area contributed by atoms with Gasteiger partial charge in [-0.15, -0.1) is 0 Å². The first kappa shape index (κ1) is 26.0. The average Bonchev–Trinajstić information content (AvgIpc) is 2.93. The van der Waals surface area contributed by atoms with Crippen molar-refractivity contribution in [3.8, 4) is 22.3 Å². The van der Waals surface area contributed by atoms with Crippen LogP contribution in [0.2, 0.25) is 0 Å². The molecule has 0 aliphatic carbocycles. The summed E-state index contributed by atoms with van der Waals surface area (Å²) in [6, 6.07) is 24.2. The minimum atomic E-state index is -0.143. The van der Waals surface area contributed by atoms with Gasteiger partial charge < -0.3 is 16.8 Å². The molecule has 0 heterocycles. The summed E-state index contributed by atoms with van der Waals surface area (Å²) < 4.78 is 0. The highest BCUT2D eigenvalue weighted by molar-refractivity contribution is 6.15. The normalized spacial score (nSPS) is 10.9. The Morgan fingerprint density at radius 3 is 1.46 bits per heavy atom. The maximum Gasteiger partial charge on any atom is 0.256 e. The van der Waals surface area contributed by atoms with Gasteiger partial charge in [-0.2, -0.15) is 0 Å². The Morgan fingerprint density at radius 1 is 0.649 bits per heavy atom. The van der Waals surface area contributed by atoms with E-state index < -0.39 is 0 Å². The fourth-order valence-electron chi connectivity index (χ4n) is 5.32. The summed E-state index contributed by atoms with van der Waals surface area (Å²) in [4.78, 5) is 14.4. The SMILES string of the molecule is CCc1cc(NC(=O)c2c(-c3ccccc3)c(CC)c(N)c(CC)c2-c2ccccc2)cc(CC)c1N. The Bertz CT molecular complexity index is 1320.